The quantitative estimate of drug-likeness (QED) is 0.652. The molecule has 0 radical (unpaired) electrons. The average Bonchev–Trinajstić information content (AvgIpc) is 3.07. The van der Waals surface area contributed by atoms with Gasteiger partial charge in [-0.15, -0.1) is 0 Å². The van der Waals surface area contributed by atoms with Gasteiger partial charge in [0, 0.05) is 11.1 Å². The van der Waals surface area contributed by atoms with Crippen LogP contribution in [0.5, 0.6) is 0 Å². The third-order valence-electron chi connectivity index (χ3n) is 2.84. The Labute approximate surface area is 88.4 Å². The second kappa shape index (κ2) is 2.99. The molecule has 0 spiro atoms. The maximum Gasteiger partial charge on any atom is 0.134 e. The SMILES string of the molecule is N#CC1CN1c1cccc2ccccc12. The standard InChI is InChI=1S/C13H10N2/c14-8-11-9-15(11)13-7-3-5-10-4-1-2-6-12(10)13/h1-7,11H,9H2. The molecule has 1 atom stereocenters. The van der Waals surface area contributed by atoms with Crippen LogP contribution in [0.25, 0.3) is 10.8 Å². The largest absolute Gasteiger partial charge is 0.351 e. The third-order valence-corrected chi connectivity index (χ3v) is 2.84. The van der Waals surface area contributed by atoms with Crippen LogP contribution in [-0.2, 0) is 0 Å². The van der Waals surface area contributed by atoms with Gasteiger partial charge in [0.15, 0.2) is 0 Å². The maximum absolute atomic E-state index is 8.82. The molecular formula is C13H10N2. The zero-order valence-corrected chi connectivity index (χ0v) is 8.22. The monoisotopic (exact) mass is 194 g/mol. The van der Waals surface area contributed by atoms with Crippen molar-refractivity contribution in [3.05, 3.63) is 42.5 Å². The smallest absolute Gasteiger partial charge is 0.134 e. The van der Waals surface area contributed by atoms with Gasteiger partial charge in [-0.2, -0.15) is 5.26 Å². The first-order valence-corrected chi connectivity index (χ1v) is 5.04. The fourth-order valence-electron chi connectivity index (χ4n) is 1.97. The van der Waals surface area contributed by atoms with Gasteiger partial charge in [0.25, 0.3) is 0 Å². The van der Waals surface area contributed by atoms with E-state index in [-0.39, 0.29) is 6.04 Å². The topological polar surface area (TPSA) is 26.8 Å². The number of nitrogens with zero attached hydrogens (tertiary/aromatic N) is 2. The van der Waals surface area contributed by atoms with Crippen molar-refractivity contribution >= 4 is 16.5 Å². The van der Waals surface area contributed by atoms with E-state index in [4.69, 9.17) is 5.26 Å². The molecule has 1 heterocycles. The first-order valence-electron chi connectivity index (χ1n) is 5.04. The predicted octanol–water partition coefficient (Wildman–Crippen LogP) is 2.55. The van der Waals surface area contributed by atoms with Crippen LogP contribution in [0, 0.1) is 11.3 Å². The Morgan fingerprint density at radius 1 is 1.13 bits per heavy atom. The fourth-order valence-corrected chi connectivity index (χ4v) is 1.97. The first kappa shape index (κ1) is 8.31. The van der Waals surface area contributed by atoms with Crippen LogP contribution < -0.4 is 4.90 Å². The molecule has 0 bridgehead atoms. The van der Waals surface area contributed by atoms with Gasteiger partial charge < -0.3 is 4.90 Å². The van der Waals surface area contributed by atoms with Gasteiger partial charge in [-0.25, -0.2) is 0 Å². The van der Waals surface area contributed by atoms with Gasteiger partial charge >= 0.3 is 0 Å². The van der Waals surface area contributed by atoms with Crippen molar-refractivity contribution in [3.63, 3.8) is 0 Å². The molecule has 0 saturated carbocycles. The fraction of sp³-hybridized carbons (Fsp3) is 0.154. The molecule has 1 unspecified atom stereocenters. The van der Waals surface area contributed by atoms with E-state index in [1.54, 1.807) is 0 Å². The van der Waals surface area contributed by atoms with Crippen molar-refractivity contribution in [1.29, 1.82) is 5.26 Å². The summed E-state index contributed by atoms with van der Waals surface area (Å²) in [5.74, 6) is 0. The Kier molecular flexibility index (Phi) is 1.66. The molecule has 15 heavy (non-hydrogen) atoms. The Balaban J connectivity index is 2.16. The highest BCUT2D eigenvalue weighted by molar-refractivity contribution is 5.95. The van der Waals surface area contributed by atoms with Crippen molar-refractivity contribution in [1.82, 2.24) is 0 Å². The molecule has 0 aliphatic carbocycles. The van der Waals surface area contributed by atoms with E-state index in [2.05, 4.69) is 35.2 Å². The van der Waals surface area contributed by atoms with Gasteiger partial charge in [0.1, 0.15) is 6.04 Å². The molecule has 3 rings (SSSR count). The maximum atomic E-state index is 8.82. The number of fused-ring (bicyclic) bond motifs is 1. The van der Waals surface area contributed by atoms with Crippen LogP contribution in [0.15, 0.2) is 42.5 Å². The van der Waals surface area contributed by atoms with E-state index < -0.39 is 0 Å². The van der Waals surface area contributed by atoms with Crippen LogP contribution in [0.1, 0.15) is 0 Å². The van der Waals surface area contributed by atoms with Crippen molar-refractivity contribution in [2.45, 2.75) is 6.04 Å². The van der Waals surface area contributed by atoms with Gasteiger partial charge in [-0.3, -0.25) is 0 Å². The molecule has 1 aliphatic heterocycles. The molecule has 2 heteroatoms. The van der Waals surface area contributed by atoms with Gasteiger partial charge in [-0.05, 0) is 11.5 Å². The Bertz CT molecular complexity index is 548. The number of rotatable bonds is 1. The summed E-state index contributed by atoms with van der Waals surface area (Å²) in [6, 6.07) is 16.9. The summed E-state index contributed by atoms with van der Waals surface area (Å²) in [6.07, 6.45) is 0. The molecule has 1 saturated heterocycles. The average molecular weight is 194 g/mol. The van der Waals surface area contributed by atoms with E-state index in [9.17, 15) is 0 Å². The molecule has 1 aliphatic rings. The molecule has 0 aromatic heterocycles. The van der Waals surface area contributed by atoms with E-state index >= 15 is 0 Å². The molecule has 1 fully saturated rings. The highest BCUT2D eigenvalue weighted by Gasteiger charge is 2.34. The summed E-state index contributed by atoms with van der Waals surface area (Å²) >= 11 is 0. The lowest BCUT2D eigenvalue weighted by Gasteiger charge is -2.07. The van der Waals surface area contributed by atoms with Crippen LogP contribution in [0.4, 0.5) is 5.69 Å². The van der Waals surface area contributed by atoms with E-state index in [0.29, 0.717) is 0 Å². The van der Waals surface area contributed by atoms with Crippen LogP contribution in [0.3, 0.4) is 0 Å². The molecule has 0 amide bonds. The number of benzene rings is 2. The minimum Gasteiger partial charge on any atom is -0.351 e. The Morgan fingerprint density at radius 3 is 2.73 bits per heavy atom. The van der Waals surface area contributed by atoms with Crippen LogP contribution in [-0.4, -0.2) is 12.6 Å². The Morgan fingerprint density at radius 2 is 1.93 bits per heavy atom. The van der Waals surface area contributed by atoms with Crippen molar-refractivity contribution in [2.24, 2.45) is 0 Å². The minimum atomic E-state index is 0.0795. The normalized spacial score (nSPS) is 18.9. The number of nitriles is 1. The van der Waals surface area contributed by atoms with E-state index in [1.807, 2.05) is 18.2 Å². The molecule has 2 nitrogen and oxygen atoms in total. The summed E-state index contributed by atoms with van der Waals surface area (Å²) in [5, 5.41) is 11.3. The highest BCUT2D eigenvalue weighted by atomic mass is 15.3. The lowest BCUT2D eigenvalue weighted by Crippen LogP contribution is -1.96. The van der Waals surface area contributed by atoms with Gasteiger partial charge in [-0.1, -0.05) is 36.4 Å². The lowest BCUT2D eigenvalue weighted by atomic mass is 10.1. The van der Waals surface area contributed by atoms with Crippen molar-refractivity contribution in [3.8, 4) is 6.07 Å². The van der Waals surface area contributed by atoms with Gasteiger partial charge in [0.2, 0.25) is 0 Å². The van der Waals surface area contributed by atoms with E-state index in [1.165, 1.54) is 16.5 Å². The molecule has 2 aromatic rings. The third kappa shape index (κ3) is 1.25. The predicted molar refractivity (Wildman–Crippen MR) is 60.7 cm³/mol. The number of hydrogen-bond donors (Lipinski definition) is 0. The summed E-state index contributed by atoms with van der Waals surface area (Å²) in [7, 11) is 0. The molecule has 2 aromatic carbocycles. The summed E-state index contributed by atoms with van der Waals surface area (Å²) in [4.78, 5) is 2.13. The second-order valence-electron chi connectivity index (χ2n) is 3.80. The highest BCUT2D eigenvalue weighted by Crippen LogP contribution is 2.33. The zero-order chi connectivity index (χ0) is 10.3. The van der Waals surface area contributed by atoms with Crippen molar-refractivity contribution < 1.29 is 0 Å². The number of anilines is 1. The lowest BCUT2D eigenvalue weighted by molar-refractivity contribution is 1.27. The van der Waals surface area contributed by atoms with Crippen LogP contribution >= 0.6 is 0 Å². The molecule has 0 N–H and O–H groups in total. The summed E-state index contributed by atoms with van der Waals surface area (Å²) in [5.41, 5.74) is 1.18. The van der Waals surface area contributed by atoms with Gasteiger partial charge in [0.05, 0.1) is 12.6 Å². The minimum absolute atomic E-state index is 0.0795. The molecule has 72 valence electrons. The zero-order valence-electron chi connectivity index (χ0n) is 8.22. The Hall–Kier alpha value is -2.01. The summed E-state index contributed by atoms with van der Waals surface area (Å²) in [6.45, 7) is 0.866. The van der Waals surface area contributed by atoms with E-state index in [0.717, 1.165) is 6.54 Å². The first-order chi connectivity index (χ1) is 7.40. The van der Waals surface area contributed by atoms with Crippen molar-refractivity contribution in [2.75, 3.05) is 11.4 Å². The van der Waals surface area contributed by atoms with Crippen LogP contribution in [0.2, 0.25) is 0 Å². The summed E-state index contributed by atoms with van der Waals surface area (Å²) < 4.78 is 0. The molecular weight excluding hydrogens is 184 g/mol. The second-order valence-corrected chi connectivity index (χ2v) is 3.80. The number of hydrogen-bond acceptors (Lipinski definition) is 2.